The van der Waals surface area contributed by atoms with Crippen LogP contribution in [-0.4, -0.2) is 64.4 Å². The lowest BCUT2D eigenvalue weighted by atomic mass is 9.76. The van der Waals surface area contributed by atoms with Crippen molar-refractivity contribution < 1.29 is 14.3 Å². The fraction of sp³-hybridized carbons (Fsp3) is 0.389. The van der Waals surface area contributed by atoms with E-state index in [0.29, 0.717) is 19.5 Å². The number of H-pyrrole nitrogens is 2. The third-order valence-corrected chi connectivity index (χ3v) is 5.45. The van der Waals surface area contributed by atoms with E-state index in [0.717, 1.165) is 5.56 Å². The summed E-state index contributed by atoms with van der Waals surface area (Å²) < 4.78 is 5.88. The zero-order chi connectivity index (χ0) is 18.3. The highest BCUT2D eigenvalue weighted by Crippen LogP contribution is 2.42. The highest BCUT2D eigenvalue weighted by atomic mass is 16.5. The molecule has 8 nitrogen and oxygen atoms in total. The molecule has 2 aliphatic heterocycles. The Balaban J connectivity index is 1.66. The SMILES string of the molecule is CN1C(=O)CO[C@@H]2CN(C(=O)c3c[nH]c(=O)[nH]3)CC[C@]21c1ccccc1. The van der Waals surface area contributed by atoms with E-state index < -0.39 is 11.2 Å². The van der Waals surface area contributed by atoms with E-state index in [1.165, 1.54) is 6.20 Å². The Morgan fingerprint density at radius 2 is 2.04 bits per heavy atom. The van der Waals surface area contributed by atoms with Crippen LogP contribution in [0.4, 0.5) is 0 Å². The van der Waals surface area contributed by atoms with E-state index in [2.05, 4.69) is 9.97 Å². The summed E-state index contributed by atoms with van der Waals surface area (Å²) in [5, 5.41) is 0. The van der Waals surface area contributed by atoms with E-state index in [1.807, 2.05) is 30.3 Å². The predicted octanol–water partition coefficient (Wildman–Crippen LogP) is 0.302. The summed E-state index contributed by atoms with van der Waals surface area (Å²) in [5.74, 6) is -0.326. The van der Waals surface area contributed by atoms with Gasteiger partial charge in [0, 0.05) is 26.3 Å². The molecule has 1 aromatic carbocycles. The Morgan fingerprint density at radius 1 is 1.27 bits per heavy atom. The largest absolute Gasteiger partial charge is 0.364 e. The molecule has 0 spiro atoms. The van der Waals surface area contributed by atoms with Crippen molar-refractivity contribution in [1.82, 2.24) is 19.8 Å². The number of likely N-dealkylation sites (N-methyl/N-ethyl adjacent to an activating group) is 1. The van der Waals surface area contributed by atoms with Crippen LogP contribution in [0.3, 0.4) is 0 Å². The highest BCUT2D eigenvalue weighted by molar-refractivity contribution is 5.92. The normalized spacial score (nSPS) is 25.9. The molecule has 0 bridgehead atoms. The van der Waals surface area contributed by atoms with Crippen LogP contribution in [0.15, 0.2) is 41.3 Å². The molecule has 1 aromatic heterocycles. The first-order valence-corrected chi connectivity index (χ1v) is 8.53. The predicted molar refractivity (Wildman–Crippen MR) is 92.6 cm³/mol. The van der Waals surface area contributed by atoms with Gasteiger partial charge < -0.3 is 24.5 Å². The number of piperidine rings is 1. The van der Waals surface area contributed by atoms with Crippen molar-refractivity contribution in [2.45, 2.75) is 18.1 Å². The quantitative estimate of drug-likeness (QED) is 0.809. The lowest BCUT2D eigenvalue weighted by Crippen LogP contribution is -2.67. The Hall–Kier alpha value is -2.87. The number of carbonyl (C=O) groups excluding carboxylic acids is 2. The van der Waals surface area contributed by atoms with E-state index in [-0.39, 0.29) is 30.2 Å². The first-order chi connectivity index (χ1) is 12.5. The van der Waals surface area contributed by atoms with Crippen LogP contribution in [0.2, 0.25) is 0 Å². The molecule has 2 aliphatic rings. The molecule has 0 saturated carbocycles. The fourth-order valence-electron chi connectivity index (χ4n) is 4.03. The molecule has 26 heavy (non-hydrogen) atoms. The van der Waals surface area contributed by atoms with E-state index in [4.69, 9.17) is 4.74 Å². The number of aromatic amines is 2. The molecule has 0 radical (unpaired) electrons. The number of benzene rings is 1. The maximum Gasteiger partial charge on any atom is 0.323 e. The number of aromatic nitrogens is 2. The fourth-order valence-corrected chi connectivity index (χ4v) is 4.03. The molecule has 2 aromatic rings. The van der Waals surface area contributed by atoms with Crippen LogP contribution >= 0.6 is 0 Å². The summed E-state index contributed by atoms with van der Waals surface area (Å²) in [6.45, 7) is 0.801. The van der Waals surface area contributed by atoms with Crippen LogP contribution < -0.4 is 5.69 Å². The third kappa shape index (κ3) is 2.45. The van der Waals surface area contributed by atoms with Gasteiger partial charge in [-0.1, -0.05) is 30.3 Å². The van der Waals surface area contributed by atoms with Gasteiger partial charge in [0.05, 0.1) is 5.54 Å². The summed E-state index contributed by atoms with van der Waals surface area (Å²) in [5.41, 5.74) is 0.215. The van der Waals surface area contributed by atoms with Gasteiger partial charge in [0.25, 0.3) is 5.91 Å². The second-order valence-corrected chi connectivity index (χ2v) is 6.70. The number of hydrogen-bond acceptors (Lipinski definition) is 4. The first kappa shape index (κ1) is 16.6. The van der Waals surface area contributed by atoms with Gasteiger partial charge in [-0.05, 0) is 12.0 Å². The summed E-state index contributed by atoms with van der Waals surface area (Å²) in [6, 6.07) is 9.80. The van der Waals surface area contributed by atoms with Crippen molar-refractivity contribution in [3.05, 3.63) is 58.3 Å². The van der Waals surface area contributed by atoms with Crippen molar-refractivity contribution >= 4 is 11.8 Å². The lowest BCUT2D eigenvalue weighted by Gasteiger charge is -2.54. The monoisotopic (exact) mass is 356 g/mol. The number of carbonyl (C=O) groups is 2. The van der Waals surface area contributed by atoms with Crippen molar-refractivity contribution in [2.75, 3.05) is 26.7 Å². The second-order valence-electron chi connectivity index (χ2n) is 6.70. The molecule has 2 fully saturated rings. The number of ether oxygens (including phenoxy) is 1. The maximum atomic E-state index is 12.7. The lowest BCUT2D eigenvalue weighted by molar-refractivity contribution is -0.180. The van der Waals surface area contributed by atoms with Gasteiger partial charge in [0.2, 0.25) is 5.91 Å². The molecule has 2 saturated heterocycles. The molecule has 8 heteroatoms. The topological polar surface area (TPSA) is 98.5 Å². The number of imidazole rings is 1. The summed E-state index contributed by atoms with van der Waals surface area (Å²) in [4.78, 5) is 44.7. The molecule has 136 valence electrons. The minimum absolute atomic E-state index is 0.00122. The Kier molecular flexibility index (Phi) is 3.91. The molecular weight excluding hydrogens is 336 g/mol. The van der Waals surface area contributed by atoms with Gasteiger partial charge in [-0.25, -0.2) is 4.79 Å². The minimum atomic E-state index is -0.598. The molecule has 0 aliphatic carbocycles. The molecular formula is C18H20N4O4. The van der Waals surface area contributed by atoms with E-state index in [9.17, 15) is 14.4 Å². The van der Waals surface area contributed by atoms with Crippen molar-refractivity contribution in [3.63, 3.8) is 0 Å². The number of rotatable bonds is 2. The molecule has 3 heterocycles. The van der Waals surface area contributed by atoms with Gasteiger partial charge in [0.15, 0.2) is 0 Å². The summed E-state index contributed by atoms with van der Waals surface area (Å²) >= 11 is 0. The van der Waals surface area contributed by atoms with Crippen LogP contribution in [-0.2, 0) is 15.1 Å². The average molecular weight is 356 g/mol. The third-order valence-electron chi connectivity index (χ3n) is 5.45. The Labute approximate surface area is 149 Å². The smallest absolute Gasteiger partial charge is 0.323 e. The van der Waals surface area contributed by atoms with Crippen LogP contribution in [0.25, 0.3) is 0 Å². The zero-order valence-electron chi connectivity index (χ0n) is 14.4. The zero-order valence-corrected chi connectivity index (χ0v) is 14.4. The van der Waals surface area contributed by atoms with Gasteiger partial charge in [-0.3, -0.25) is 9.59 Å². The maximum absolute atomic E-state index is 12.7. The van der Waals surface area contributed by atoms with Gasteiger partial charge in [0.1, 0.15) is 18.4 Å². The number of likely N-dealkylation sites (tertiary alicyclic amines) is 1. The number of morpholine rings is 1. The Bertz CT molecular complexity index is 890. The van der Waals surface area contributed by atoms with Crippen LogP contribution in [0.5, 0.6) is 0 Å². The van der Waals surface area contributed by atoms with Gasteiger partial charge >= 0.3 is 5.69 Å². The van der Waals surface area contributed by atoms with Crippen molar-refractivity contribution in [1.29, 1.82) is 0 Å². The van der Waals surface area contributed by atoms with Gasteiger partial charge in [-0.2, -0.15) is 0 Å². The van der Waals surface area contributed by atoms with E-state index >= 15 is 0 Å². The summed E-state index contributed by atoms with van der Waals surface area (Å²) in [6.07, 6.45) is 1.60. The number of nitrogens with one attached hydrogen (secondary N) is 2. The standard InChI is InChI=1S/C18H20N4O4/c1-21-15(23)11-26-14-10-22(16(24)13-9-19-17(25)20-13)8-7-18(14,21)12-5-3-2-4-6-12/h2-6,9,14H,7-8,10-11H2,1H3,(H2,19,20,25)/t14-,18+/m1/s1. The van der Waals surface area contributed by atoms with Crippen LogP contribution in [0, 0.1) is 0 Å². The molecule has 2 atom stereocenters. The van der Waals surface area contributed by atoms with E-state index in [1.54, 1.807) is 16.8 Å². The number of amides is 2. The number of hydrogen-bond donors (Lipinski definition) is 2. The average Bonchev–Trinajstić information content (AvgIpc) is 3.11. The van der Waals surface area contributed by atoms with Gasteiger partial charge in [-0.15, -0.1) is 0 Å². The molecule has 0 unspecified atom stereocenters. The van der Waals surface area contributed by atoms with Crippen molar-refractivity contribution in [2.24, 2.45) is 0 Å². The van der Waals surface area contributed by atoms with Crippen molar-refractivity contribution in [3.8, 4) is 0 Å². The van der Waals surface area contributed by atoms with Crippen LogP contribution in [0.1, 0.15) is 22.5 Å². The minimum Gasteiger partial charge on any atom is -0.364 e. The highest BCUT2D eigenvalue weighted by Gasteiger charge is 2.53. The molecule has 2 N–H and O–H groups in total. The first-order valence-electron chi connectivity index (χ1n) is 8.53. The number of fused-ring (bicyclic) bond motifs is 1. The molecule has 2 amide bonds. The summed E-state index contributed by atoms with van der Waals surface area (Å²) in [7, 11) is 1.80. The number of nitrogens with zero attached hydrogens (tertiary/aromatic N) is 2. The molecule has 4 rings (SSSR count). The Morgan fingerprint density at radius 3 is 2.73 bits per heavy atom. The second kappa shape index (κ2) is 6.14.